The Morgan fingerprint density at radius 2 is 2.07 bits per heavy atom. The Bertz CT molecular complexity index is 413. The van der Waals surface area contributed by atoms with Crippen LogP contribution in [0, 0.1) is 22.7 Å². The fourth-order valence-corrected chi connectivity index (χ4v) is 1.14. The summed E-state index contributed by atoms with van der Waals surface area (Å²) >= 11 is 0. The molecule has 0 saturated carbocycles. The minimum absolute atomic E-state index is 0.421. The number of unbranched alkanes of at least 4 members (excludes halogenated alkanes) is 1. The summed E-state index contributed by atoms with van der Waals surface area (Å²) in [6, 6.07) is 8.88. The first kappa shape index (κ1) is 11.1. The number of ether oxygens (including phenoxy) is 1. The van der Waals surface area contributed by atoms with E-state index in [2.05, 4.69) is 6.92 Å². The van der Waals surface area contributed by atoms with E-state index in [1.54, 1.807) is 18.2 Å². The van der Waals surface area contributed by atoms with Gasteiger partial charge in [-0.05, 0) is 24.6 Å². The molecule has 0 radical (unpaired) electrons. The largest absolute Gasteiger partial charge is 0.492 e. The van der Waals surface area contributed by atoms with E-state index < -0.39 is 0 Å². The third-order valence-electron chi connectivity index (χ3n) is 1.98. The number of nitrogens with zero attached hydrogens (tertiary/aromatic N) is 2. The highest BCUT2D eigenvalue weighted by Crippen LogP contribution is 2.19. The van der Waals surface area contributed by atoms with E-state index in [1.165, 1.54) is 0 Å². The molecule has 76 valence electrons. The van der Waals surface area contributed by atoms with Gasteiger partial charge in [-0.15, -0.1) is 0 Å². The van der Waals surface area contributed by atoms with Crippen molar-refractivity contribution in [1.29, 1.82) is 10.5 Å². The molecule has 1 aromatic carbocycles. The summed E-state index contributed by atoms with van der Waals surface area (Å²) in [5.74, 6) is 0.560. The molecule has 0 heterocycles. The molecule has 0 saturated heterocycles. The Hall–Kier alpha value is -2.00. The van der Waals surface area contributed by atoms with Crippen LogP contribution in [0.1, 0.15) is 30.9 Å². The molecule has 0 unspecified atom stereocenters. The molecule has 0 amide bonds. The standard InChI is InChI=1S/C12H12N2O/c1-2-3-6-15-12-5-4-10(8-13)7-11(12)9-14/h4-5,7H,2-3,6H2,1H3. The van der Waals surface area contributed by atoms with E-state index in [0.717, 1.165) is 12.8 Å². The molecular formula is C12H12N2O. The van der Waals surface area contributed by atoms with Crippen LogP contribution in [0.5, 0.6) is 5.75 Å². The molecule has 0 atom stereocenters. The molecule has 0 aliphatic heterocycles. The van der Waals surface area contributed by atoms with Gasteiger partial charge in [0.1, 0.15) is 11.8 Å². The van der Waals surface area contributed by atoms with Gasteiger partial charge in [0.05, 0.1) is 23.8 Å². The van der Waals surface area contributed by atoms with Gasteiger partial charge in [0.15, 0.2) is 0 Å². The molecule has 1 rings (SSSR count). The summed E-state index contributed by atoms with van der Waals surface area (Å²) in [5.41, 5.74) is 0.902. The number of hydrogen-bond acceptors (Lipinski definition) is 3. The van der Waals surface area contributed by atoms with Gasteiger partial charge in [0.2, 0.25) is 0 Å². The molecule has 0 aliphatic rings. The highest BCUT2D eigenvalue weighted by molar-refractivity contribution is 5.48. The molecule has 15 heavy (non-hydrogen) atoms. The lowest BCUT2D eigenvalue weighted by Gasteiger charge is -2.06. The van der Waals surface area contributed by atoms with Crippen LogP contribution >= 0.6 is 0 Å². The molecule has 1 aromatic rings. The number of nitriles is 2. The Kier molecular flexibility index (Phi) is 4.19. The maximum absolute atomic E-state index is 8.86. The average molecular weight is 200 g/mol. The zero-order valence-corrected chi connectivity index (χ0v) is 8.66. The van der Waals surface area contributed by atoms with Crippen LogP contribution in [0.15, 0.2) is 18.2 Å². The lowest BCUT2D eigenvalue weighted by Crippen LogP contribution is -1.98. The minimum atomic E-state index is 0.421. The molecular weight excluding hydrogens is 188 g/mol. The van der Waals surface area contributed by atoms with Crippen molar-refractivity contribution in [3.05, 3.63) is 29.3 Å². The van der Waals surface area contributed by atoms with E-state index in [9.17, 15) is 0 Å². The predicted molar refractivity (Wildman–Crippen MR) is 56.3 cm³/mol. The molecule has 0 bridgehead atoms. The summed E-state index contributed by atoms with van der Waals surface area (Å²) in [7, 11) is 0. The second kappa shape index (κ2) is 5.67. The van der Waals surface area contributed by atoms with E-state index in [4.69, 9.17) is 15.3 Å². The van der Waals surface area contributed by atoms with Crippen LogP contribution in [0.4, 0.5) is 0 Å². The first-order valence-electron chi connectivity index (χ1n) is 4.89. The highest BCUT2D eigenvalue weighted by atomic mass is 16.5. The van der Waals surface area contributed by atoms with Gasteiger partial charge < -0.3 is 4.74 Å². The van der Waals surface area contributed by atoms with Crippen LogP contribution in [-0.4, -0.2) is 6.61 Å². The highest BCUT2D eigenvalue weighted by Gasteiger charge is 2.03. The van der Waals surface area contributed by atoms with E-state index in [1.807, 2.05) is 12.1 Å². The lowest BCUT2D eigenvalue weighted by molar-refractivity contribution is 0.308. The maximum atomic E-state index is 8.86. The molecule has 0 aliphatic carbocycles. The fourth-order valence-electron chi connectivity index (χ4n) is 1.14. The Labute approximate surface area is 89.5 Å². The second-order valence-corrected chi connectivity index (χ2v) is 3.14. The Balaban J connectivity index is 2.81. The summed E-state index contributed by atoms with van der Waals surface area (Å²) in [6.07, 6.45) is 2.02. The lowest BCUT2D eigenvalue weighted by atomic mass is 10.1. The SMILES string of the molecule is CCCCOc1ccc(C#N)cc1C#N. The van der Waals surface area contributed by atoms with Crippen LogP contribution in [-0.2, 0) is 0 Å². The van der Waals surface area contributed by atoms with Crippen molar-refractivity contribution in [2.45, 2.75) is 19.8 Å². The van der Waals surface area contributed by atoms with Gasteiger partial charge in [-0.2, -0.15) is 10.5 Å². The molecule has 3 heteroatoms. The van der Waals surface area contributed by atoms with Crippen LogP contribution < -0.4 is 4.74 Å². The van der Waals surface area contributed by atoms with Crippen molar-refractivity contribution in [2.24, 2.45) is 0 Å². The van der Waals surface area contributed by atoms with E-state index in [-0.39, 0.29) is 0 Å². The smallest absolute Gasteiger partial charge is 0.137 e. The number of benzene rings is 1. The quantitative estimate of drug-likeness (QED) is 0.702. The van der Waals surface area contributed by atoms with Crippen molar-refractivity contribution in [1.82, 2.24) is 0 Å². The van der Waals surface area contributed by atoms with Crippen molar-refractivity contribution in [2.75, 3.05) is 6.61 Å². The van der Waals surface area contributed by atoms with Crippen molar-refractivity contribution in [3.63, 3.8) is 0 Å². The van der Waals surface area contributed by atoms with Gasteiger partial charge in [0, 0.05) is 0 Å². The first-order valence-corrected chi connectivity index (χ1v) is 4.89. The van der Waals surface area contributed by atoms with Crippen molar-refractivity contribution in [3.8, 4) is 17.9 Å². The monoisotopic (exact) mass is 200 g/mol. The topological polar surface area (TPSA) is 56.8 Å². The van der Waals surface area contributed by atoms with E-state index >= 15 is 0 Å². The predicted octanol–water partition coefficient (Wildman–Crippen LogP) is 2.61. The Morgan fingerprint density at radius 3 is 2.67 bits per heavy atom. The van der Waals surface area contributed by atoms with Gasteiger partial charge >= 0.3 is 0 Å². The first-order chi connectivity index (χ1) is 7.31. The molecule has 0 fully saturated rings. The van der Waals surface area contributed by atoms with Crippen molar-refractivity contribution < 1.29 is 4.74 Å². The fraction of sp³-hybridized carbons (Fsp3) is 0.333. The van der Waals surface area contributed by atoms with Gasteiger partial charge in [0.25, 0.3) is 0 Å². The van der Waals surface area contributed by atoms with Gasteiger partial charge in [-0.1, -0.05) is 13.3 Å². The molecule has 0 aromatic heterocycles. The van der Waals surface area contributed by atoms with Crippen molar-refractivity contribution >= 4 is 0 Å². The van der Waals surface area contributed by atoms with Crippen LogP contribution in [0.3, 0.4) is 0 Å². The third-order valence-corrected chi connectivity index (χ3v) is 1.98. The van der Waals surface area contributed by atoms with Crippen LogP contribution in [0.2, 0.25) is 0 Å². The van der Waals surface area contributed by atoms with Gasteiger partial charge in [-0.3, -0.25) is 0 Å². The van der Waals surface area contributed by atoms with E-state index in [0.29, 0.717) is 23.5 Å². The zero-order chi connectivity index (χ0) is 11.1. The maximum Gasteiger partial charge on any atom is 0.137 e. The summed E-state index contributed by atoms with van der Waals surface area (Å²) in [5, 5.41) is 17.5. The summed E-state index contributed by atoms with van der Waals surface area (Å²) < 4.78 is 5.44. The number of rotatable bonds is 4. The molecule has 0 N–H and O–H groups in total. The summed E-state index contributed by atoms with van der Waals surface area (Å²) in [4.78, 5) is 0. The molecule has 0 spiro atoms. The second-order valence-electron chi connectivity index (χ2n) is 3.14. The normalized spacial score (nSPS) is 9.00. The average Bonchev–Trinajstić information content (AvgIpc) is 2.29. The Morgan fingerprint density at radius 1 is 1.27 bits per heavy atom. The molecule has 3 nitrogen and oxygen atoms in total. The van der Waals surface area contributed by atoms with Gasteiger partial charge in [-0.25, -0.2) is 0 Å². The third kappa shape index (κ3) is 3.00. The summed E-state index contributed by atoms with van der Waals surface area (Å²) in [6.45, 7) is 2.68. The van der Waals surface area contributed by atoms with Crippen LogP contribution in [0.25, 0.3) is 0 Å². The number of hydrogen-bond donors (Lipinski definition) is 0. The minimum Gasteiger partial charge on any atom is -0.492 e. The zero-order valence-electron chi connectivity index (χ0n) is 8.66.